The van der Waals surface area contributed by atoms with Crippen LogP contribution in [0.15, 0.2) is 0 Å². The Morgan fingerprint density at radius 1 is 1.44 bits per heavy atom. The summed E-state index contributed by atoms with van der Waals surface area (Å²) in [5, 5.41) is 3.44. The zero-order chi connectivity index (χ0) is 12.3. The summed E-state index contributed by atoms with van der Waals surface area (Å²) < 4.78 is 0.225. The lowest BCUT2D eigenvalue weighted by molar-refractivity contribution is -0.131. The third-order valence-electron chi connectivity index (χ3n) is 3.20. The zero-order valence-corrected chi connectivity index (χ0v) is 13.6. The molecular formula is C12H23ClN2OS2. The summed E-state index contributed by atoms with van der Waals surface area (Å²) in [6.45, 7) is 7.32. The van der Waals surface area contributed by atoms with Crippen LogP contribution in [0.5, 0.6) is 0 Å². The van der Waals surface area contributed by atoms with Gasteiger partial charge in [-0.15, -0.1) is 12.4 Å². The fourth-order valence-electron chi connectivity index (χ4n) is 2.32. The number of halogens is 1. The van der Waals surface area contributed by atoms with E-state index in [1.54, 1.807) is 0 Å². The van der Waals surface area contributed by atoms with Crippen molar-refractivity contribution in [3.8, 4) is 0 Å². The van der Waals surface area contributed by atoms with Crippen molar-refractivity contribution in [2.45, 2.75) is 31.1 Å². The molecule has 1 N–H and O–H groups in total. The minimum atomic E-state index is 0. The van der Waals surface area contributed by atoms with Gasteiger partial charge in [0.1, 0.15) is 0 Å². The van der Waals surface area contributed by atoms with Crippen molar-refractivity contribution in [3.05, 3.63) is 0 Å². The van der Waals surface area contributed by atoms with Crippen LogP contribution in [0, 0.1) is 0 Å². The first-order chi connectivity index (χ1) is 8.07. The highest BCUT2D eigenvalue weighted by Crippen LogP contribution is 2.29. The quantitative estimate of drug-likeness (QED) is 0.844. The van der Waals surface area contributed by atoms with Crippen LogP contribution in [0.3, 0.4) is 0 Å². The maximum Gasteiger partial charge on any atom is 0.224 e. The van der Waals surface area contributed by atoms with Gasteiger partial charge in [-0.25, -0.2) is 0 Å². The van der Waals surface area contributed by atoms with Gasteiger partial charge in [-0.3, -0.25) is 4.79 Å². The lowest BCUT2D eigenvalue weighted by atomic mass is 10.1. The van der Waals surface area contributed by atoms with Crippen LogP contribution in [0.1, 0.15) is 20.3 Å². The number of thioether (sulfide) groups is 2. The molecule has 0 aromatic carbocycles. The van der Waals surface area contributed by atoms with E-state index in [9.17, 15) is 4.79 Å². The number of hydrogen-bond acceptors (Lipinski definition) is 4. The van der Waals surface area contributed by atoms with E-state index in [4.69, 9.17) is 0 Å². The van der Waals surface area contributed by atoms with Crippen molar-refractivity contribution in [1.82, 2.24) is 10.2 Å². The molecule has 0 saturated carbocycles. The monoisotopic (exact) mass is 310 g/mol. The summed E-state index contributed by atoms with van der Waals surface area (Å²) >= 11 is 3.93. The molecule has 0 aromatic rings. The molecule has 0 bridgehead atoms. The summed E-state index contributed by atoms with van der Waals surface area (Å²) in [5.74, 6) is 3.67. The van der Waals surface area contributed by atoms with Gasteiger partial charge in [0.2, 0.25) is 5.91 Å². The molecule has 1 atom stereocenters. The Bertz CT molecular complexity index is 283. The van der Waals surface area contributed by atoms with E-state index >= 15 is 0 Å². The first kappa shape index (κ1) is 16.5. The van der Waals surface area contributed by atoms with E-state index in [1.165, 1.54) is 5.75 Å². The number of carbonyl (C=O) groups excluding carboxylic acids is 1. The molecule has 0 aromatic heterocycles. The van der Waals surface area contributed by atoms with Gasteiger partial charge >= 0.3 is 0 Å². The number of rotatable bonds is 2. The van der Waals surface area contributed by atoms with E-state index in [0.717, 1.165) is 31.1 Å². The average molecular weight is 311 g/mol. The summed E-state index contributed by atoms with van der Waals surface area (Å²) in [5.41, 5.74) is 0. The molecule has 6 heteroatoms. The first-order valence-electron chi connectivity index (χ1n) is 6.30. The van der Waals surface area contributed by atoms with E-state index in [-0.39, 0.29) is 17.2 Å². The Hall–Kier alpha value is 0.420. The Balaban J connectivity index is 0.00000162. The van der Waals surface area contributed by atoms with Crippen LogP contribution in [-0.4, -0.2) is 58.5 Å². The smallest absolute Gasteiger partial charge is 0.224 e. The summed E-state index contributed by atoms with van der Waals surface area (Å²) in [7, 11) is 0. The van der Waals surface area contributed by atoms with Gasteiger partial charge in [0, 0.05) is 54.1 Å². The normalized spacial score (nSPS) is 27.4. The third kappa shape index (κ3) is 4.83. The SMILES string of the molecule is CC1(C)CN(C(=O)CC2CSCCN2)CCS1.Cl. The predicted octanol–water partition coefficient (Wildman–Crippen LogP) is 1.86. The van der Waals surface area contributed by atoms with Crippen molar-refractivity contribution in [3.63, 3.8) is 0 Å². The molecule has 2 aliphatic heterocycles. The van der Waals surface area contributed by atoms with Crippen LogP contribution < -0.4 is 5.32 Å². The second kappa shape index (κ2) is 7.27. The summed E-state index contributed by atoms with van der Waals surface area (Å²) in [6, 6.07) is 0.388. The second-order valence-electron chi connectivity index (χ2n) is 5.35. The average Bonchev–Trinajstić information content (AvgIpc) is 2.29. The van der Waals surface area contributed by atoms with Gasteiger partial charge in [0.15, 0.2) is 0 Å². The molecular weight excluding hydrogens is 288 g/mol. The van der Waals surface area contributed by atoms with Crippen LogP contribution in [0.2, 0.25) is 0 Å². The summed E-state index contributed by atoms with van der Waals surface area (Å²) in [4.78, 5) is 14.3. The van der Waals surface area contributed by atoms with Gasteiger partial charge in [-0.05, 0) is 13.8 Å². The van der Waals surface area contributed by atoms with Crippen molar-refractivity contribution >= 4 is 41.8 Å². The molecule has 2 heterocycles. The maximum absolute atomic E-state index is 12.2. The van der Waals surface area contributed by atoms with E-state index in [1.807, 2.05) is 23.5 Å². The second-order valence-corrected chi connectivity index (χ2v) is 8.31. The minimum Gasteiger partial charge on any atom is -0.340 e. The molecule has 0 spiro atoms. The Morgan fingerprint density at radius 2 is 2.22 bits per heavy atom. The van der Waals surface area contributed by atoms with Crippen molar-refractivity contribution in [2.24, 2.45) is 0 Å². The largest absolute Gasteiger partial charge is 0.340 e. The minimum absolute atomic E-state index is 0. The lowest BCUT2D eigenvalue weighted by Gasteiger charge is -2.38. The van der Waals surface area contributed by atoms with Gasteiger partial charge in [-0.1, -0.05) is 0 Å². The molecule has 3 nitrogen and oxygen atoms in total. The molecule has 2 saturated heterocycles. The van der Waals surface area contributed by atoms with E-state index < -0.39 is 0 Å². The fraction of sp³-hybridized carbons (Fsp3) is 0.917. The Kier molecular flexibility index (Phi) is 6.65. The Morgan fingerprint density at radius 3 is 2.83 bits per heavy atom. The van der Waals surface area contributed by atoms with Crippen LogP contribution in [0.4, 0.5) is 0 Å². The first-order valence-corrected chi connectivity index (χ1v) is 8.44. The van der Waals surface area contributed by atoms with Crippen LogP contribution in [-0.2, 0) is 4.79 Å². The van der Waals surface area contributed by atoms with Crippen LogP contribution >= 0.6 is 35.9 Å². The van der Waals surface area contributed by atoms with Gasteiger partial charge in [0.25, 0.3) is 0 Å². The van der Waals surface area contributed by atoms with Gasteiger partial charge in [0.05, 0.1) is 0 Å². The highest BCUT2D eigenvalue weighted by molar-refractivity contribution is 8.00. The highest BCUT2D eigenvalue weighted by atomic mass is 35.5. The molecule has 0 radical (unpaired) electrons. The highest BCUT2D eigenvalue weighted by Gasteiger charge is 2.30. The lowest BCUT2D eigenvalue weighted by Crippen LogP contribution is -2.49. The number of nitrogens with one attached hydrogen (secondary N) is 1. The molecule has 2 rings (SSSR count). The summed E-state index contributed by atoms with van der Waals surface area (Å²) in [6.07, 6.45) is 0.674. The van der Waals surface area contributed by atoms with Crippen LogP contribution in [0.25, 0.3) is 0 Å². The van der Waals surface area contributed by atoms with Gasteiger partial charge < -0.3 is 10.2 Å². The van der Waals surface area contributed by atoms with Crippen molar-refractivity contribution < 1.29 is 4.79 Å². The van der Waals surface area contributed by atoms with E-state index in [0.29, 0.717) is 18.4 Å². The fourth-order valence-corrected chi connectivity index (χ4v) is 4.38. The van der Waals surface area contributed by atoms with E-state index in [2.05, 4.69) is 24.1 Å². The third-order valence-corrected chi connectivity index (χ3v) is 5.63. The molecule has 0 aliphatic carbocycles. The number of carbonyl (C=O) groups is 1. The molecule has 2 fully saturated rings. The topological polar surface area (TPSA) is 32.3 Å². The van der Waals surface area contributed by atoms with Crippen molar-refractivity contribution in [1.29, 1.82) is 0 Å². The standard InChI is InChI=1S/C12H22N2OS2.ClH/c1-12(2)9-14(4-6-17-12)11(15)7-10-8-16-5-3-13-10;/h10,13H,3-9H2,1-2H3;1H. The zero-order valence-electron chi connectivity index (χ0n) is 11.1. The molecule has 106 valence electrons. The maximum atomic E-state index is 12.2. The number of nitrogens with zero attached hydrogens (tertiary/aromatic N) is 1. The predicted molar refractivity (Wildman–Crippen MR) is 84.1 cm³/mol. The molecule has 18 heavy (non-hydrogen) atoms. The van der Waals surface area contributed by atoms with Gasteiger partial charge in [-0.2, -0.15) is 23.5 Å². The number of hydrogen-bond donors (Lipinski definition) is 1. The molecule has 1 unspecified atom stereocenters. The Labute approximate surface area is 125 Å². The molecule has 1 amide bonds. The number of amides is 1. The van der Waals surface area contributed by atoms with Crippen molar-refractivity contribution in [2.75, 3.05) is 36.9 Å². The molecule has 2 aliphatic rings.